The molecule has 300 valence electrons. The van der Waals surface area contributed by atoms with Gasteiger partial charge in [-0.25, -0.2) is 0 Å². The van der Waals surface area contributed by atoms with E-state index in [1.807, 2.05) is 12.1 Å². The molecule has 0 radical (unpaired) electrons. The normalized spacial score (nSPS) is 11.8. The quantitative estimate of drug-likeness (QED) is 0.161. The third-order valence-corrected chi connectivity index (χ3v) is 12.8. The third-order valence-electron chi connectivity index (χ3n) is 12.8. The van der Waals surface area contributed by atoms with Gasteiger partial charge in [0.15, 0.2) is 0 Å². The zero-order valence-corrected chi connectivity index (χ0v) is 34.7. The van der Waals surface area contributed by atoms with Crippen LogP contribution in [0.4, 0.5) is 17.1 Å². The molecule has 10 aromatic carbocycles. The van der Waals surface area contributed by atoms with Gasteiger partial charge in [0.25, 0.3) is 0 Å². The minimum absolute atomic E-state index is 0.848. The molecule has 13 rings (SSSR count). The monoisotopic (exact) mass is 818 g/mol. The van der Waals surface area contributed by atoms with Crippen molar-refractivity contribution in [1.82, 2.24) is 4.57 Å². The summed E-state index contributed by atoms with van der Waals surface area (Å²) in [5.74, 6) is 0. The SMILES string of the molecule is c1ccc(-c2ccc(N(c3cc(-c4ccccc4-n4c5ccccc5c5ccccc54)c4oc5ccccc5c4c3)c3ccccc3-c3cccc4oc5ccccc5c34)cc2)cc1. The van der Waals surface area contributed by atoms with Gasteiger partial charge in [-0.05, 0) is 83.4 Å². The number of rotatable bonds is 7. The van der Waals surface area contributed by atoms with E-state index >= 15 is 0 Å². The Morgan fingerprint density at radius 3 is 1.66 bits per heavy atom. The predicted octanol–water partition coefficient (Wildman–Crippen LogP) is 17.1. The van der Waals surface area contributed by atoms with Gasteiger partial charge in [0.1, 0.15) is 22.3 Å². The van der Waals surface area contributed by atoms with Crippen molar-refractivity contribution in [3.63, 3.8) is 0 Å². The van der Waals surface area contributed by atoms with Crippen molar-refractivity contribution < 1.29 is 8.83 Å². The van der Waals surface area contributed by atoms with Crippen molar-refractivity contribution in [1.29, 1.82) is 0 Å². The van der Waals surface area contributed by atoms with E-state index in [0.717, 1.165) is 105 Å². The zero-order valence-electron chi connectivity index (χ0n) is 34.7. The number of hydrogen-bond donors (Lipinski definition) is 0. The summed E-state index contributed by atoms with van der Waals surface area (Å²) in [5.41, 5.74) is 16.5. The fraction of sp³-hybridized carbons (Fsp3) is 0. The third kappa shape index (κ3) is 5.63. The topological polar surface area (TPSA) is 34.5 Å². The van der Waals surface area contributed by atoms with Crippen LogP contribution in [0.2, 0.25) is 0 Å². The lowest BCUT2D eigenvalue weighted by atomic mass is 9.95. The number of nitrogens with zero attached hydrogens (tertiary/aromatic N) is 2. The van der Waals surface area contributed by atoms with Crippen LogP contribution in [0, 0.1) is 0 Å². The fourth-order valence-electron chi connectivity index (χ4n) is 9.98. The first kappa shape index (κ1) is 36.1. The van der Waals surface area contributed by atoms with E-state index in [9.17, 15) is 0 Å². The molecule has 0 unspecified atom stereocenters. The highest BCUT2D eigenvalue weighted by Crippen LogP contribution is 2.49. The largest absolute Gasteiger partial charge is 0.456 e. The highest BCUT2D eigenvalue weighted by molar-refractivity contribution is 6.16. The Morgan fingerprint density at radius 2 is 0.891 bits per heavy atom. The lowest BCUT2D eigenvalue weighted by Crippen LogP contribution is -2.11. The van der Waals surface area contributed by atoms with Crippen LogP contribution in [0.15, 0.2) is 239 Å². The Morgan fingerprint density at radius 1 is 0.328 bits per heavy atom. The molecule has 4 nitrogen and oxygen atoms in total. The maximum Gasteiger partial charge on any atom is 0.143 e. The van der Waals surface area contributed by atoms with Crippen LogP contribution in [-0.2, 0) is 0 Å². The summed E-state index contributed by atoms with van der Waals surface area (Å²) >= 11 is 0. The fourth-order valence-corrected chi connectivity index (χ4v) is 9.98. The Labute approximate surface area is 369 Å². The second kappa shape index (κ2) is 14.5. The summed E-state index contributed by atoms with van der Waals surface area (Å²) < 4.78 is 15.8. The molecule has 0 amide bonds. The van der Waals surface area contributed by atoms with Crippen LogP contribution in [-0.4, -0.2) is 4.57 Å². The van der Waals surface area contributed by atoms with E-state index in [0.29, 0.717) is 0 Å². The average molecular weight is 819 g/mol. The number of anilines is 3. The van der Waals surface area contributed by atoms with Crippen molar-refractivity contribution >= 4 is 82.7 Å². The van der Waals surface area contributed by atoms with Crippen molar-refractivity contribution in [2.45, 2.75) is 0 Å². The van der Waals surface area contributed by atoms with Crippen molar-refractivity contribution in [2.75, 3.05) is 4.90 Å². The molecule has 64 heavy (non-hydrogen) atoms. The molecule has 0 fully saturated rings. The van der Waals surface area contributed by atoms with Gasteiger partial charge < -0.3 is 18.3 Å². The van der Waals surface area contributed by atoms with E-state index in [4.69, 9.17) is 8.83 Å². The van der Waals surface area contributed by atoms with E-state index < -0.39 is 0 Å². The lowest BCUT2D eigenvalue weighted by molar-refractivity contribution is 0.669. The highest BCUT2D eigenvalue weighted by atomic mass is 16.3. The maximum atomic E-state index is 6.93. The Balaban J connectivity index is 1.11. The lowest BCUT2D eigenvalue weighted by Gasteiger charge is -2.29. The average Bonchev–Trinajstić information content (AvgIpc) is 4.05. The molecule has 0 saturated heterocycles. The van der Waals surface area contributed by atoms with Crippen LogP contribution in [0.5, 0.6) is 0 Å². The van der Waals surface area contributed by atoms with Crippen LogP contribution >= 0.6 is 0 Å². The summed E-state index contributed by atoms with van der Waals surface area (Å²) in [5, 5.41) is 6.75. The number of furan rings is 2. The van der Waals surface area contributed by atoms with Gasteiger partial charge in [0.05, 0.1) is 22.4 Å². The Bertz CT molecular complexity index is 3860. The van der Waals surface area contributed by atoms with E-state index in [2.05, 4.69) is 228 Å². The molecular weight excluding hydrogens is 781 g/mol. The van der Waals surface area contributed by atoms with Gasteiger partial charge in [-0.15, -0.1) is 0 Å². The molecule has 0 bridgehead atoms. The first-order valence-electron chi connectivity index (χ1n) is 21.8. The van der Waals surface area contributed by atoms with Crippen molar-refractivity contribution in [2.24, 2.45) is 0 Å². The molecule has 0 atom stereocenters. The summed E-state index contributed by atoms with van der Waals surface area (Å²) in [6.45, 7) is 0. The first-order chi connectivity index (χ1) is 31.8. The van der Waals surface area contributed by atoms with Crippen LogP contribution in [0.25, 0.3) is 105 Å². The second-order valence-electron chi connectivity index (χ2n) is 16.4. The summed E-state index contributed by atoms with van der Waals surface area (Å²) in [4.78, 5) is 2.42. The molecule has 0 aliphatic rings. The standard InChI is InChI=1S/C60H38N2O2/c1-2-17-39(18-3-1)40-33-35-41(36-34-40)61(52-26-10-6-21-45(52)48-25-16-32-58-59(48)49-24-9-15-31-57(49)63-58)42-37-50(60-51(38-42)47-23-8-14-30-56(47)64-60)46-22-7-13-29-55(46)62-53-27-11-4-19-43(53)44-20-5-12-28-54(44)62/h1-38H. The molecule has 0 aliphatic carbocycles. The number of hydrogen-bond acceptors (Lipinski definition) is 3. The van der Waals surface area contributed by atoms with Crippen molar-refractivity contribution in [3.8, 4) is 39.1 Å². The smallest absolute Gasteiger partial charge is 0.143 e. The molecule has 0 saturated carbocycles. The number of fused-ring (bicyclic) bond motifs is 9. The zero-order chi connectivity index (χ0) is 42.1. The minimum Gasteiger partial charge on any atom is -0.456 e. The number of para-hydroxylation sites is 6. The molecule has 0 aliphatic heterocycles. The van der Waals surface area contributed by atoms with Crippen LogP contribution in [0.3, 0.4) is 0 Å². The van der Waals surface area contributed by atoms with E-state index in [-0.39, 0.29) is 0 Å². The number of aromatic nitrogens is 1. The molecular formula is C60H38N2O2. The molecule has 0 N–H and O–H groups in total. The molecule has 3 heterocycles. The van der Waals surface area contributed by atoms with Gasteiger partial charge in [-0.3, -0.25) is 0 Å². The van der Waals surface area contributed by atoms with Crippen LogP contribution < -0.4 is 4.90 Å². The summed E-state index contributed by atoms with van der Waals surface area (Å²) in [7, 11) is 0. The Kier molecular flexibility index (Phi) is 8.18. The molecule has 13 aromatic rings. The van der Waals surface area contributed by atoms with E-state index in [1.54, 1.807) is 0 Å². The first-order valence-corrected chi connectivity index (χ1v) is 21.8. The predicted molar refractivity (Wildman–Crippen MR) is 266 cm³/mol. The van der Waals surface area contributed by atoms with E-state index in [1.165, 1.54) is 16.3 Å². The summed E-state index contributed by atoms with van der Waals surface area (Å²) in [6, 6.07) is 82.2. The van der Waals surface area contributed by atoms with Gasteiger partial charge >= 0.3 is 0 Å². The van der Waals surface area contributed by atoms with Gasteiger partial charge in [0.2, 0.25) is 0 Å². The Hall–Kier alpha value is -8.60. The van der Waals surface area contributed by atoms with Crippen LogP contribution in [0.1, 0.15) is 0 Å². The van der Waals surface area contributed by atoms with Gasteiger partial charge in [0, 0.05) is 60.4 Å². The summed E-state index contributed by atoms with van der Waals surface area (Å²) in [6.07, 6.45) is 0. The highest BCUT2D eigenvalue weighted by Gasteiger charge is 2.25. The van der Waals surface area contributed by atoms with Crippen molar-refractivity contribution in [3.05, 3.63) is 231 Å². The maximum absolute atomic E-state index is 6.93. The minimum atomic E-state index is 0.848. The molecule has 3 aromatic heterocycles. The second-order valence-corrected chi connectivity index (χ2v) is 16.4. The molecule has 0 spiro atoms. The van der Waals surface area contributed by atoms with Gasteiger partial charge in [-0.1, -0.05) is 164 Å². The molecule has 4 heteroatoms. The number of benzene rings is 10. The van der Waals surface area contributed by atoms with Gasteiger partial charge in [-0.2, -0.15) is 0 Å².